The van der Waals surface area contributed by atoms with E-state index in [-0.39, 0.29) is 11.5 Å². The van der Waals surface area contributed by atoms with Crippen LogP contribution >= 0.6 is 0 Å². The molecular weight excluding hydrogens is 111 g/mol. The van der Waals surface area contributed by atoms with Crippen molar-refractivity contribution in [3.8, 4) is 0 Å². The van der Waals surface area contributed by atoms with Crippen LogP contribution in [0.15, 0.2) is 0 Å². The Labute approximate surface area is 58.9 Å². The van der Waals surface area contributed by atoms with Gasteiger partial charge in [0.05, 0.1) is 14.0 Å². The van der Waals surface area contributed by atoms with Crippen LogP contribution in [0.1, 0.15) is 27.2 Å². The summed E-state index contributed by atoms with van der Waals surface area (Å²) in [4.78, 5) is 0. The van der Waals surface area contributed by atoms with Crippen molar-refractivity contribution in [3.63, 3.8) is 0 Å². The number of aliphatic hydroxyl groups excluding tert-OH is 1. The second-order valence-electron chi connectivity index (χ2n) is 3.42. The zero-order valence-electron chi connectivity index (χ0n) is 6.52. The molecule has 0 aromatic heterocycles. The molecule has 1 unspecified atom stereocenters. The molecule has 0 fully saturated rings. The van der Waals surface area contributed by atoms with E-state index in [1.165, 1.54) is 0 Å². The lowest BCUT2D eigenvalue weighted by molar-refractivity contribution is 0.138. The molecule has 0 aliphatic carbocycles. The van der Waals surface area contributed by atoms with Crippen LogP contribution in [0.3, 0.4) is 0 Å². The summed E-state index contributed by atoms with van der Waals surface area (Å²) in [6, 6.07) is 0. The van der Waals surface area contributed by atoms with E-state index < -0.39 is 0 Å². The van der Waals surface area contributed by atoms with E-state index in [2.05, 4.69) is 13.8 Å². The first-order chi connectivity index (χ1) is 3.98. The highest BCUT2D eigenvalue weighted by Gasteiger charge is 2.16. The molecule has 0 aliphatic heterocycles. The minimum Gasteiger partial charge on any atom is -0.393 e. The van der Waals surface area contributed by atoms with Crippen LogP contribution in [0.5, 0.6) is 0 Å². The van der Waals surface area contributed by atoms with Crippen molar-refractivity contribution in [1.29, 1.82) is 0 Å². The van der Waals surface area contributed by atoms with Crippen LogP contribution in [0.25, 0.3) is 0 Å². The van der Waals surface area contributed by atoms with Crippen LogP contribution in [0.4, 0.5) is 0 Å². The predicted molar refractivity (Wildman–Crippen MR) is 40.6 cm³/mol. The minimum atomic E-state index is -0.233. The molecule has 0 aromatic rings. The Hall–Kier alpha value is 0.0249. The summed E-state index contributed by atoms with van der Waals surface area (Å²) >= 11 is 0. The molecule has 0 aliphatic rings. The van der Waals surface area contributed by atoms with Gasteiger partial charge in [-0.2, -0.15) is 0 Å². The van der Waals surface area contributed by atoms with Crippen molar-refractivity contribution in [3.05, 3.63) is 0 Å². The van der Waals surface area contributed by atoms with E-state index in [9.17, 15) is 0 Å². The second kappa shape index (κ2) is 3.26. The maximum absolute atomic E-state index is 8.96. The molecule has 0 saturated carbocycles. The summed E-state index contributed by atoms with van der Waals surface area (Å²) in [5, 5.41) is 8.96. The van der Waals surface area contributed by atoms with Crippen LogP contribution in [-0.2, 0) is 0 Å². The summed E-state index contributed by atoms with van der Waals surface area (Å²) in [5.41, 5.74) is 0.0914. The monoisotopic (exact) mass is 126 g/mol. The molecule has 52 valence electrons. The molecule has 9 heavy (non-hydrogen) atoms. The Bertz CT molecular complexity index is 79.0. The van der Waals surface area contributed by atoms with Gasteiger partial charge in [-0.05, 0) is 18.8 Å². The molecule has 0 heterocycles. The van der Waals surface area contributed by atoms with Gasteiger partial charge in [-0.15, -0.1) is 0 Å². The van der Waals surface area contributed by atoms with E-state index in [0.29, 0.717) is 6.32 Å². The smallest absolute Gasteiger partial charge is 0.0660 e. The number of rotatable bonds is 3. The van der Waals surface area contributed by atoms with Gasteiger partial charge in [0, 0.05) is 0 Å². The SMILES string of the molecule is [B]CC(C)(C)CC(C)O. The first-order valence-corrected chi connectivity index (χ1v) is 3.36. The third kappa shape index (κ3) is 4.52. The first kappa shape index (κ1) is 9.02. The fraction of sp³-hybridized carbons (Fsp3) is 1.00. The van der Waals surface area contributed by atoms with E-state index in [1.54, 1.807) is 6.92 Å². The Morgan fingerprint density at radius 2 is 2.00 bits per heavy atom. The highest BCUT2D eigenvalue weighted by Crippen LogP contribution is 2.25. The lowest BCUT2D eigenvalue weighted by Crippen LogP contribution is -2.17. The van der Waals surface area contributed by atoms with E-state index >= 15 is 0 Å². The van der Waals surface area contributed by atoms with Gasteiger partial charge < -0.3 is 5.11 Å². The van der Waals surface area contributed by atoms with Crippen molar-refractivity contribution in [2.75, 3.05) is 0 Å². The van der Waals surface area contributed by atoms with Gasteiger partial charge in [-0.3, -0.25) is 0 Å². The Kier molecular flexibility index (Phi) is 3.27. The third-order valence-corrected chi connectivity index (χ3v) is 1.40. The average Bonchev–Trinajstić information content (AvgIpc) is 1.63. The summed E-state index contributed by atoms with van der Waals surface area (Å²) in [6.07, 6.45) is 1.19. The van der Waals surface area contributed by atoms with E-state index in [0.717, 1.165) is 6.42 Å². The molecule has 0 saturated heterocycles. The molecule has 2 radical (unpaired) electrons. The minimum absolute atomic E-state index is 0.0914. The number of hydrogen-bond acceptors (Lipinski definition) is 1. The fourth-order valence-electron chi connectivity index (χ4n) is 0.883. The van der Waals surface area contributed by atoms with Crippen molar-refractivity contribution < 1.29 is 5.11 Å². The van der Waals surface area contributed by atoms with E-state index in [1.807, 2.05) is 0 Å². The van der Waals surface area contributed by atoms with Gasteiger partial charge in [0.15, 0.2) is 0 Å². The van der Waals surface area contributed by atoms with Gasteiger partial charge in [0.2, 0.25) is 0 Å². The lowest BCUT2D eigenvalue weighted by atomic mass is 9.76. The molecule has 0 rings (SSSR count). The Morgan fingerprint density at radius 3 is 2.11 bits per heavy atom. The zero-order valence-corrected chi connectivity index (χ0v) is 6.52. The van der Waals surface area contributed by atoms with E-state index in [4.69, 9.17) is 13.0 Å². The topological polar surface area (TPSA) is 20.2 Å². The molecule has 1 N–H and O–H groups in total. The highest BCUT2D eigenvalue weighted by molar-refractivity contribution is 6.08. The molecule has 0 amide bonds. The first-order valence-electron chi connectivity index (χ1n) is 3.36. The number of aliphatic hydroxyl groups is 1. The largest absolute Gasteiger partial charge is 0.393 e. The summed E-state index contributed by atoms with van der Waals surface area (Å²) in [6.45, 7) is 5.90. The number of hydrogen-bond donors (Lipinski definition) is 1. The standard InChI is InChI=1S/C7H15BO/c1-6(9)4-7(2,3)5-8/h6,9H,4-5H2,1-3H3. The van der Waals surface area contributed by atoms with Crippen molar-refractivity contribution in [1.82, 2.24) is 0 Å². The van der Waals surface area contributed by atoms with Crippen molar-refractivity contribution in [2.24, 2.45) is 5.41 Å². The van der Waals surface area contributed by atoms with Gasteiger partial charge in [-0.1, -0.05) is 20.2 Å². The molecule has 0 spiro atoms. The Morgan fingerprint density at radius 1 is 1.56 bits per heavy atom. The van der Waals surface area contributed by atoms with Crippen molar-refractivity contribution in [2.45, 2.75) is 39.6 Å². The fourth-order valence-corrected chi connectivity index (χ4v) is 0.883. The maximum atomic E-state index is 8.96. The molecular formula is C7H15BO. The third-order valence-electron chi connectivity index (χ3n) is 1.40. The van der Waals surface area contributed by atoms with Gasteiger partial charge in [0.25, 0.3) is 0 Å². The quantitative estimate of drug-likeness (QED) is 0.566. The maximum Gasteiger partial charge on any atom is 0.0660 e. The summed E-state index contributed by atoms with van der Waals surface area (Å²) in [7, 11) is 5.44. The van der Waals surface area contributed by atoms with Gasteiger partial charge in [-0.25, -0.2) is 0 Å². The van der Waals surface area contributed by atoms with Crippen LogP contribution < -0.4 is 0 Å². The van der Waals surface area contributed by atoms with Crippen LogP contribution in [0.2, 0.25) is 6.32 Å². The molecule has 2 heteroatoms. The summed E-state index contributed by atoms with van der Waals surface area (Å²) < 4.78 is 0. The van der Waals surface area contributed by atoms with Crippen LogP contribution in [-0.4, -0.2) is 19.1 Å². The summed E-state index contributed by atoms with van der Waals surface area (Å²) in [5.74, 6) is 0. The van der Waals surface area contributed by atoms with Crippen molar-refractivity contribution >= 4 is 7.85 Å². The molecule has 1 atom stereocenters. The predicted octanol–water partition coefficient (Wildman–Crippen LogP) is 1.37. The zero-order chi connectivity index (χ0) is 7.49. The van der Waals surface area contributed by atoms with Gasteiger partial charge in [0.1, 0.15) is 0 Å². The average molecular weight is 126 g/mol. The van der Waals surface area contributed by atoms with Crippen LogP contribution in [0, 0.1) is 5.41 Å². The van der Waals surface area contributed by atoms with Gasteiger partial charge >= 0.3 is 0 Å². The molecule has 0 bridgehead atoms. The molecule has 1 nitrogen and oxygen atoms in total. The normalized spacial score (nSPS) is 15.6. The Balaban J connectivity index is 3.58. The second-order valence-corrected chi connectivity index (χ2v) is 3.42. The lowest BCUT2D eigenvalue weighted by Gasteiger charge is -2.24. The highest BCUT2D eigenvalue weighted by atomic mass is 16.3. The molecule has 0 aromatic carbocycles.